The predicted molar refractivity (Wildman–Crippen MR) is 61.7 cm³/mol. The third kappa shape index (κ3) is 7.86. The van der Waals surface area contributed by atoms with Crippen LogP contribution in [0.15, 0.2) is 0 Å². The number of carboxylic acids is 1. The Labute approximate surface area is 96.4 Å². The summed E-state index contributed by atoms with van der Waals surface area (Å²) in [5, 5.41) is 11.3. The molecule has 0 rings (SSSR count). The summed E-state index contributed by atoms with van der Waals surface area (Å²) in [6.45, 7) is 2.04. The first-order valence-electron chi connectivity index (χ1n) is 5.51. The molecule has 0 bridgehead atoms. The number of carbonyl (C=O) groups is 2. The Morgan fingerprint density at radius 2 is 2.12 bits per heavy atom. The van der Waals surface area contributed by atoms with E-state index in [1.165, 1.54) is 0 Å². The van der Waals surface area contributed by atoms with Gasteiger partial charge in [-0.15, -0.1) is 12.3 Å². The van der Waals surface area contributed by atoms with Crippen LogP contribution < -0.4 is 5.32 Å². The Hall–Kier alpha value is -1.50. The van der Waals surface area contributed by atoms with Crippen molar-refractivity contribution >= 4 is 11.9 Å². The first-order chi connectivity index (χ1) is 7.57. The lowest BCUT2D eigenvalue weighted by Crippen LogP contribution is -2.26. The van der Waals surface area contributed by atoms with E-state index in [9.17, 15) is 9.59 Å². The Morgan fingerprint density at radius 1 is 1.44 bits per heavy atom. The number of carboxylic acid groups (broad SMARTS) is 1. The largest absolute Gasteiger partial charge is 0.481 e. The van der Waals surface area contributed by atoms with Gasteiger partial charge >= 0.3 is 5.97 Å². The first-order valence-corrected chi connectivity index (χ1v) is 5.51. The molecule has 1 amide bonds. The Bertz CT molecular complexity index is 268. The van der Waals surface area contributed by atoms with Crippen molar-refractivity contribution in [2.45, 2.75) is 39.0 Å². The highest BCUT2D eigenvalue weighted by Gasteiger charge is 2.10. The van der Waals surface area contributed by atoms with Gasteiger partial charge in [-0.25, -0.2) is 0 Å². The minimum absolute atomic E-state index is 0.0328. The summed E-state index contributed by atoms with van der Waals surface area (Å²) in [4.78, 5) is 21.7. The number of terminal acetylenes is 1. The molecule has 0 fully saturated rings. The maximum atomic E-state index is 11.2. The fourth-order valence-electron chi connectivity index (χ4n) is 1.15. The van der Waals surface area contributed by atoms with Gasteiger partial charge in [0.05, 0.1) is 5.92 Å². The lowest BCUT2D eigenvalue weighted by Gasteiger charge is -2.07. The van der Waals surface area contributed by atoms with Gasteiger partial charge in [-0.1, -0.05) is 6.92 Å². The lowest BCUT2D eigenvalue weighted by atomic mass is 10.1. The van der Waals surface area contributed by atoms with Gasteiger partial charge in [-0.05, 0) is 19.3 Å². The van der Waals surface area contributed by atoms with Crippen molar-refractivity contribution < 1.29 is 14.7 Å². The number of aliphatic carboxylic acids is 1. The molecule has 0 saturated heterocycles. The van der Waals surface area contributed by atoms with Crippen LogP contribution in [0.3, 0.4) is 0 Å². The van der Waals surface area contributed by atoms with Crippen molar-refractivity contribution in [2.24, 2.45) is 5.92 Å². The Morgan fingerprint density at radius 3 is 2.69 bits per heavy atom. The van der Waals surface area contributed by atoms with Crippen LogP contribution in [0.1, 0.15) is 39.0 Å². The highest BCUT2D eigenvalue weighted by atomic mass is 16.4. The lowest BCUT2D eigenvalue weighted by molar-refractivity contribution is -0.141. The molecule has 0 radical (unpaired) electrons. The van der Waals surface area contributed by atoms with Crippen molar-refractivity contribution in [3.8, 4) is 12.3 Å². The van der Waals surface area contributed by atoms with Crippen molar-refractivity contribution in [2.75, 3.05) is 6.54 Å². The number of rotatable bonds is 8. The van der Waals surface area contributed by atoms with Crippen molar-refractivity contribution in [1.82, 2.24) is 5.32 Å². The smallest absolute Gasteiger partial charge is 0.306 e. The van der Waals surface area contributed by atoms with Crippen molar-refractivity contribution in [3.05, 3.63) is 0 Å². The standard InChI is InChI=1S/C12H19NO3/c1-3-4-5-6-7-11(14)13-9-8-10(2)12(15)16/h1,10H,4-9H2,2H3,(H,13,14)(H,15,16). The maximum Gasteiger partial charge on any atom is 0.306 e. The SMILES string of the molecule is C#CCCCCC(=O)NCCC(C)C(=O)O. The van der Waals surface area contributed by atoms with Crippen LogP contribution in [0, 0.1) is 18.3 Å². The summed E-state index contributed by atoms with van der Waals surface area (Å²) < 4.78 is 0. The molecule has 1 unspecified atom stereocenters. The molecule has 0 aliphatic heterocycles. The maximum absolute atomic E-state index is 11.2. The van der Waals surface area contributed by atoms with Crippen LogP contribution in [-0.2, 0) is 9.59 Å². The number of nitrogens with one attached hydrogen (secondary N) is 1. The second-order valence-electron chi connectivity index (χ2n) is 3.79. The van der Waals surface area contributed by atoms with Crippen LogP contribution >= 0.6 is 0 Å². The molecule has 4 heteroatoms. The zero-order valence-electron chi connectivity index (χ0n) is 9.66. The van der Waals surface area contributed by atoms with Crippen molar-refractivity contribution in [3.63, 3.8) is 0 Å². The molecule has 2 N–H and O–H groups in total. The van der Waals surface area contributed by atoms with E-state index in [1.807, 2.05) is 0 Å². The van der Waals surface area contributed by atoms with E-state index in [-0.39, 0.29) is 5.91 Å². The third-order valence-electron chi connectivity index (χ3n) is 2.30. The zero-order valence-corrected chi connectivity index (χ0v) is 9.66. The molecule has 0 aliphatic rings. The molecule has 0 aromatic rings. The average Bonchev–Trinajstić information content (AvgIpc) is 2.24. The fourth-order valence-corrected chi connectivity index (χ4v) is 1.15. The molecular formula is C12H19NO3. The van der Waals surface area contributed by atoms with E-state index in [4.69, 9.17) is 11.5 Å². The number of amides is 1. The molecule has 4 nitrogen and oxygen atoms in total. The molecule has 0 saturated carbocycles. The average molecular weight is 225 g/mol. The predicted octanol–water partition coefficient (Wildman–Crippen LogP) is 1.41. The summed E-state index contributed by atoms with van der Waals surface area (Å²) in [5.41, 5.74) is 0. The van der Waals surface area contributed by atoms with Gasteiger partial charge in [0.25, 0.3) is 0 Å². The highest BCUT2D eigenvalue weighted by molar-refractivity contribution is 5.76. The quantitative estimate of drug-likeness (QED) is 0.485. The summed E-state index contributed by atoms with van der Waals surface area (Å²) in [5.74, 6) is 1.24. The normalized spacial score (nSPS) is 11.5. The van der Waals surface area contributed by atoms with Crippen LogP contribution in [0.2, 0.25) is 0 Å². The second kappa shape index (κ2) is 8.78. The van der Waals surface area contributed by atoms with Gasteiger partial charge in [-0.3, -0.25) is 9.59 Å². The molecule has 0 aromatic carbocycles. The minimum Gasteiger partial charge on any atom is -0.481 e. The molecule has 0 heterocycles. The molecule has 16 heavy (non-hydrogen) atoms. The first kappa shape index (κ1) is 14.5. The Kier molecular flexibility index (Phi) is 7.96. The van der Waals surface area contributed by atoms with E-state index < -0.39 is 11.9 Å². The summed E-state index contributed by atoms with van der Waals surface area (Å²) in [6.07, 6.45) is 8.34. The van der Waals surface area contributed by atoms with E-state index in [1.54, 1.807) is 6.92 Å². The van der Waals surface area contributed by atoms with Crippen molar-refractivity contribution in [1.29, 1.82) is 0 Å². The number of carbonyl (C=O) groups excluding carboxylic acids is 1. The summed E-state index contributed by atoms with van der Waals surface area (Å²) in [6, 6.07) is 0. The molecule has 90 valence electrons. The van der Waals surface area contributed by atoms with Crippen LogP contribution in [0.25, 0.3) is 0 Å². The van der Waals surface area contributed by atoms with E-state index >= 15 is 0 Å². The molecular weight excluding hydrogens is 206 g/mol. The second-order valence-corrected chi connectivity index (χ2v) is 3.79. The van der Waals surface area contributed by atoms with Crippen LogP contribution in [-0.4, -0.2) is 23.5 Å². The van der Waals surface area contributed by atoms with Gasteiger partial charge in [0, 0.05) is 19.4 Å². The monoisotopic (exact) mass is 225 g/mol. The van der Waals surface area contributed by atoms with Gasteiger partial charge < -0.3 is 10.4 Å². The summed E-state index contributed by atoms with van der Waals surface area (Å²) in [7, 11) is 0. The summed E-state index contributed by atoms with van der Waals surface area (Å²) >= 11 is 0. The zero-order chi connectivity index (χ0) is 12.4. The van der Waals surface area contributed by atoms with E-state index in [2.05, 4.69) is 11.2 Å². The number of hydrogen-bond donors (Lipinski definition) is 2. The number of unbranched alkanes of at least 4 members (excludes halogenated alkanes) is 2. The molecule has 0 aliphatic carbocycles. The van der Waals surface area contributed by atoms with Gasteiger partial charge in [-0.2, -0.15) is 0 Å². The fraction of sp³-hybridized carbons (Fsp3) is 0.667. The molecule has 0 spiro atoms. The van der Waals surface area contributed by atoms with Gasteiger partial charge in [0.1, 0.15) is 0 Å². The third-order valence-corrected chi connectivity index (χ3v) is 2.30. The topological polar surface area (TPSA) is 66.4 Å². The number of hydrogen-bond acceptors (Lipinski definition) is 2. The Balaban J connectivity index is 3.44. The van der Waals surface area contributed by atoms with Gasteiger partial charge in [0.2, 0.25) is 5.91 Å². The molecule has 0 aromatic heterocycles. The highest BCUT2D eigenvalue weighted by Crippen LogP contribution is 2.01. The minimum atomic E-state index is -0.830. The van der Waals surface area contributed by atoms with Gasteiger partial charge in [0.15, 0.2) is 0 Å². The van der Waals surface area contributed by atoms with Crippen LogP contribution in [0.5, 0.6) is 0 Å². The van der Waals surface area contributed by atoms with Crippen LogP contribution in [0.4, 0.5) is 0 Å². The van der Waals surface area contributed by atoms with E-state index in [0.29, 0.717) is 25.8 Å². The van der Waals surface area contributed by atoms with E-state index in [0.717, 1.165) is 12.8 Å². The molecule has 1 atom stereocenters.